The summed E-state index contributed by atoms with van der Waals surface area (Å²) in [4.78, 5) is 15.5. The van der Waals surface area contributed by atoms with Gasteiger partial charge in [-0.1, -0.05) is 0 Å². The van der Waals surface area contributed by atoms with Crippen LogP contribution in [0, 0.1) is 0 Å². The standard InChI is InChI=1S/C10H19N3O/c1-12-5-6-13(10(12)14)9-4-2-3-8(11)7-9/h8-9H,2-7,11H2,1H3. The maximum atomic E-state index is 11.7. The van der Waals surface area contributed by atoms with Crippen molar-refractivity contribution in [2.45, 2.75) is 37.8 Å². The molecule has 2 N–H and O–H groups in total. The van der Waals surface area contributed by atoms with E-state index in [0.717, 1.165) is 32.4 Å². The molecule has 2 aliphatic rings. The second-order valence-corrected chi connectivity index (χ2v) is 4.48. The van der Waals surface area contributed by atoms with Crippen LogP contribution in [0.3, 0.4) is 0 Å². The quantitative estimate of drug-likeness (QED) is 0.670. The Hall–Kier alpha value is -0.770. The van der Waals surface area contributed by atoms with Gasteiger partial charge >= 0.3 is 6.03 Å². The van der Waals surface area contributed by atoms with E-state index in [9.17, 15) is 4.79 Å². The van der Waals surface area contributed by atoms with Gasteiger partial charge < -0.3 is 15.5 Å². The van der Waals surface area contributed by atoms with Gasteiger partial charge in [0.25, 0.3) is 0 Å². The van der Waals surface area contributed by atoms with E-state index in [0.29, 0.717) is 12.1 Å². The Balaban J connectivity index is 1.97. The lowest BCUT2D eigenvalue weighted by molar-refractivity contribution is 0.163. The lowest BCUT2D eigenvalue weighted by Crippen LogP contribution is -2.44. The smallest absolute Gasteiger partial charge is 0.320 e. The van der Waals surface area contributed by atoms with Crippen molar-refractivity contribution in [1.29, 1.82) is 0 Å². The van der Waals surface area contributed by atoms with Gasteiger partial charge in [0.1, 0.15) is 0 Å². The average molecular weight is 197 g/mol. The molecule has 0 aromatic rings. The third kappa shape index (κ3) is 1.71. The second-order valence-electron chi connectivity index (χ2n) is 4.48. The Morgan fingerprint density at radius 1 is 1.36 bits per heavy atom. The molecule has 1 aliphatic carbocycles. The fraction of sp³-hybridized carbons (Fsp3) is 0.900. The summed E-state index contributed by atoms with van der Waals surface area (Å²) in [7, 11) is 1.87. The normalized spacial score (nSPS) is 34.0. The van der Waals surface area contributed by atoms with E-state index >= 15 is 0 Å². The van der Waals surface area contributed by atoms with Gasteiger partial charge in [0.05, 0.1) is 0 Å². The highest BCUT2D eigenvalue weighted by Crippen LogP contribution is 2.24. The van der Waals surface area contributed by atoms with Gasteiger partial charge in [-0.2, -0.15) is 0 Å². The third-order valence-corrected chi connectivity index (χ3v) is 3.38. The first-order valence-electron chi connectivity index (χ1n) is 5.46. The zero-order valence-electron chi connectivity index (χ0n) is 8.78. The summed E-state index contributed by atoms with van der Waals surface area (Å²) < 4.78 is 0. The maximum absolute atomic E-state index is 11.7. The zero-order chi connectivity index (χ0) is 10.1. The van der Waals surface area contributed by atoms with E-state index in [1.54, 1.807) is 4.90 Å². The number of carbonyl (C=O) groups excluding carboxylic acids is 1. The van der Waals surface area contributed by atoms with Gasteiger partial charge in [-0.3, -0.25) is 0 Å². The van der Waals surface area contributed by atoms with Crippen molar-refractivity contribution < 1.29 is 4.79 Å². The number of nitrogens with two attached hydrogens (primary N) is 1. The van der Waals surface area contributed by atoms with Gasteiger partial charge in [0.15, 0.2) is 0 Å². The predicted molar refractivity (Wildman–Crippen MR) is 55.0 cm³/mol. The van der Waals surface area contributed by atoms with E-state index < -0.39 is 0 Å². The Morgan fingerprint density at radius 2 is 2.14 bits per heavy atom. The summed E-state index contributed by atoms with van der Waals surface area (Å²) in [6.07, 6.45) is 4.40. The van der Waals surface area contributed by atoms with E-state index in [2.05, 4.69) is 0 Å². The van der Waals surface area contributed by atoms with Crippen LogP contribution < -0.4 is 5.73 Å². The maximum Gasteiger partial charge on any atom is 0.320 e. The van der Waals surface area contributed by atoms with Crippen LogP contribution in [0.4, 0.5) is 4.79 Å². The van der Waals surface area contributed by atoms with Crippen molar-refractivity contribution in [3.05, 3.63) is 0 Å². The minimum Gasteiger partial charge on any atom is -0.328 e. The molecule has 2 atom stereocenters. The second kappa shape index (κ2) is 3.77. The molecule has 1 saturated heterocycles. The molecule has 0 spiro atoms. The summed E-state index contributed by atoms with van der Waals surface area (Å²) in [5, 5.41) is 0. The SMILES string of the molecule is CN1CCN(C2CCCC(N)C2)C1=O. The highest BCUT2D eigenvalue weighted by Gasteiger charge is 2.33. The average Bonchev–Trinajstić information content (AvgIpc) is 2.48. The molecule has 0 radical (unpaired) electrons. The molecule has 2 fully saturated rings. The molecule has 4 heteroatoms. The first-order chi connectivity index (χ1) is 6.68. The van der Waals surface area contributed by atoms with Crippen LogP contribution >= 0.6 is 0 Å². The van der Waals surface area contributed by atoms with Gasteiger partial charge in [-0.15, -0.1) is 0 Å². The number of amides is 2. The van der Waals surface area contributed by atoms with Crippen LogP contribution in [-0.2, 0) is 0 Å². The van der Waals surface area contributed by atoms with Gasteiger partial charge in [0, 0.05) is 32.2 Å². The van der Waals surface area contributed by atoms with E-state index in [1.807, 2.05) is 11.9 Å². The number of rotatable bonds is 1. The number of hydrogen-bond donors (Lipinski definition) is 1. The van der Waals surface area contributed by atoms with E-state index in [4.69, 9.17) is 5.73 Å². The number of nitrogens with zero attached hydrogens (tertiary/aromatic N) is 2. The van der Waals surface area contributed by atoms with Crippen molar-refractivity contribution in [2.75, 3.05) is 20.1 Å². The molecule has 1 aliphatic heterocycles. The molecular formula is C10H19N3O. The minimum absolute atomic E-state index is 0.184. The van der Waals surface area contributed by atoms with Crippen molar-refractivity contribution in [3.63, 3.8) is 0 Å². The Kier molecular flexibility index (Phi) is 2.63. The van der Waals surface area contributed by atoms with Gasteiger partial charge in [-0.05, 0) is 25.7 Å². The van der Waals surface area contributed by atoms with Crippen LogP contribution in [0.5, 0.6) is 0 Å². The van der Waals surface area contributed by atoms with Crippen LogP contribution in [0.25, 0.3) is 0 Å². The molecule has 2 amide bonds. The highest BCUT2D eigenvalue weighted by atomic mass is 16.2. The molecule has 1 saturated carbocycles. The fourth-order valence-electron chi connectivity index (χ4n) is 2.49. The number of carbonyl (C=O) groups is 1. The third-order valence-electron chi connectivity index (χ3n) is 3.38. The fourth-order valence-corrected chi connectivity index (χ4v) is 2.49. The molecule has 4 nitrogen and oxygen atoms in total. The molecule has 0 aromatic carbocycles. The zero-order valence-corrected chi connectivity index (χ0v) is 8.78. The van der Waals surface area contributed by atoms with Crippen molar-refractivity contribution in [3.8, 4) is 0 Å². The van der Waals surface area contributed by atoms with Crippen molar-refractivity contribution in [2.24, 2.45) is 5.73 Å². The Labute approximate surface area is 85.0 Å². The highest BCUT2D eigenvalue weighted by molar-refractivity contribution is 5.76. The lowest BCUT2D eigenvalue weighted by Gasteiger charge is -2.33. The topological polar surface area (TPSA) is 49.6 Å². The lowest BCUT2D eigenvalue weighted by atomic mass is 9.91. The molecule has 0 bridgehead atoms. The summed E-state index contributed by atoms with van der Waals surface area (Å²) in [5.41, 5.74) is 5.92. The summed E-state index contributed by atoms with van der Waals surface area (Å²) in [6, 6.07) is 0.882. The van der Waals surface area contributed by atoms with Crippen LogP contribution in [0.1, 0.15) is 25.7 Å². The number of hydrogen-bond acceptors (Lipinski definition) is 2. The molecular weight excluding hydrogens is 178 g/mol. The Bertz CT molecular complexity index is 231. The minimum atomic E-state index is 0.184. The van der Waals surface area contributed by atoms with Crippen molar-refractivity contribution in [1.82, 2.24) is 9.80 Å². The van der Waals surface area contributed by atoms with Crippen LogP contribution in [0.2, 0.25) is 0 Å². The summed E-state index contributed by atoms with van der Waals surface area (Å²) in [6.45, 7) is 1.75. The largest absolute Gasteiger partial charge is 0.328 e. The van der Waals surface area contributed by atoms with Crippen LogP contribution in [-0.4, -0.2) is 48.1 Å². The van der Waals surface area contributed by atoms with E-state index in [1.165, 1.54) is 6.42 Å². The molecule has 80 valence electrons. The molecule has 2 unspecified atom stereocenters. The molecule has 14 heavy (non-hydrogen) atoms. The first-order valence-corrected chi connectivity index (χ1v) is 5.46. The van der Waals surface area contributed by atoms with Gasteiger partial charge in [-0.25, -0.2) is 4.79 Å². The predicted octanol–water partition coefficient (Wildman–Crippen LogP) is 0.624. The monoisotopic (exact) mass is 197 g/mol. The summed E-state index contributed by atoms with van der Waals surface area (Å²) in [5.74, 6) is 0. The van der Waals surface area contributed by atoms with Crippen LogP contribution in [0.15, 0.2) is 0 Å². The molecule has 2 rings (SSSR count). The number of likely N-dealkylation sites (N-methyl/N-ethyl adjacent to an activating group) is 1. The van der Waals surface area contributed by atoms with Gasteiger partial charge in [0.2, 0.25) is 0 Å². The molecule has 0 aromatic heterocycles. The Morgan fingerprint density at radius 3 is 2.71 bits per heavy atom. The van der Waals surface area contributed by atoms with Crippen molar-refractivity contribution >= 4 is 6.03 Å². The first kappa shape index (κ1) is 9.77. The molecule has 1 heterocycles. The number of urea groups is 1. The summed E-state index contributed by atoms with van der Waals surface area (Å²) >= 11 is 0. The van der Waals surface area contributed by atoms with E-state index in [-0.39, 0.29) is 6.03 Å².